The first-order valence-electron chi connectivity index (χ1n) is 9.36. The van der Waals surface area contributed by atoms with Gasteiger partial charge in [0.25, 0.3) is 5.91 Å². The number of nitrogen functional groups attached to an aromatic ring is 1. The normalized spacial score (nSPS) is 14.3. The van der Waals surface area contributed by atoms with Crippen LogP contribution in [0, 0.1) is 11.3 Å². The summed E-state index contributed by atoms with van der Waals surface area (Å²) in [5.74, 6) is -1.11. The Hall–Kier alpha value is -3.79. The molecule has 1 fully saturated rings. The van der Waals surface area contributed by atoms with Crippen LogP contribution in [0.25, 0.3) is 0 Å². The molecule has 2 N–H and O–H groups in total. The smallest absolute Gasteiger partial charge is 0.277 e. The van der Waals surface area contributed by atoms with Crippen LogP contribution in [-0.2, 0) is 9.59 Å². The molecule has 0 radical (unpaired) electrons. The summed E-state index contributed by atoms with van der Waals surface area (Å²) in [6, 6.07) is 18.4. The second kappa shape index (κ2) is 8.93. The minimum absolute atomic E-state index is 0.0785. The van der Waals surface area contributed by atoms with Crippen LogP contribution < -0.4 is 15.5 Å². The molecule has 1 aliphatic rings. The number of nitriles is 1. The van der Waals surface area contributed by atoms with Gasteiger partial charge >= 0.3 is 0 Å². The van der Waals surface area contributed by atoms with Crippen LogP contribution in [-0.4, -0.2) is 42.9 Å². The SMILES string of the molecule is CC(=O)N(C(=O)/C(C#N)=C\N1CCN(c2ccccc2)CC1)c1ccc(N)cc1. The van der Waals surface area contributed by atoms with Gasteiger partial charge in [-0.2, -0.15) is 5.26 Å². The number of carbonyl (C=O) groups is 2. The van der Waals surface area contributed by atoms with Crippen LogP contribution in [0.15, 0.2) is 66.4 Å². The highest BCUT2D eigenvalue weighted by atomic mass is 16.2. The maximum absolute atomic E-state index is 12.9. The van der Waals surface area contributed by atoms with Crippen molar-refractivity contribution < 1.29 is 9.59 Å². The van der Waals surface area contributed by atoms with Gasteiger partial charge in [0, 0.05) is 50.7 Å². The first-order chi connectivity index (χ1) is 14.0. The molecule has 2 aromatic rings. The molecule has 0 saturated carbocycles. The Morgan fingerprint density at radius 1 is 1.03 bits per heavy atom. The van der Waals surface area contributed by atoms with E-state index in [9.17, 15) is 14.9 Å². The Morgan fingerprint density at radius 3 is 2.21 bits per heavy atom. The van der Waals surface area contributed by atoms with Gasteiger partial charge in [-0.25, -0.2) is 4.90 Å². The van der Waals surface area contributed by atoms with Gasteiger partial charge in [0.2, 0.25) is 5.91 Å². The van der Waals surface area contributed by atoms with E-state index in [0.717, 1.165) is 23.7 Å². The van der Waals surface area contributed by atoms with E-state index in [1.165, 1.54) is 6.92 Å². The zero-order valence-corrected chi connectivity index (χ0v) is 16.3. The van der Waals surface area contributed by atoms with Gasteiger partial charge < -0.3 is 15.5 Å². The maximum atomic E-state index is 12.9. The highest BCUT2D eigenvalue weighted by Gasteiger charge is 2.25. The number of amides is 2. The van der Waals surface area contributed by atoms with Crippen molar-refractivity contribution in [2.24, 2.45) is 0 Å². The molecule has 7 nitrogen and oxygen atoms in total. The van der Waals surface area contributed by atoms with Crippen LogP contribution in [0.5, 0.6) is 0 Å². The lowest BCUT2D eigenvalue weighted by atomic mass is 10.2. The summed E-state index contributed by atoms with van der Waals surface area (Å²) in [4.78, 5) is 30.2. The molecule has 2 amide bonds. The summed E-state index contributed by atoms with van der Waals surface area (Å²) in [5, 5.41) is 9.54. The number of nitrogens with zero attached hydrogens (tertiary/aromatic N) is 4. The van der Waals surface area contributed by atoms with Gasteiger partial charge in [-0.15, -0.1) is 0 Å². The minimum atomic E-state index is -0.643. The molecule has 0 atom stereocenters. The van der Waals surface area contributed by atoms with Crippen LogP contribution in [0.1, 0.15) is 6.92 Å². The third-order valence-corrected chi connectivity index (χ3v) is 4.77. The molecule has 1 heterocycles. The monoisotopic (exact) mass is 389 g/mol. The van der Waals surface area contributed by atoms with Crippen molar-refractivity contribution in [2.45, 2.75) is 6.92 Å². The van der Waals surface area contributed by atoms with Crippen molar-refractivity contribution in [1.29, 1.82) is 5.26 Å². The summed E-state index contributed by atoms with van der Waals surface area (Å²) < 4.78 is 0. The highest BCUT2D eigenvalue weighted by Crippen LogP contribution is 2.20. The molecule has 0 aromatic heterocycles. The number of hydrogen-bond acceptors (Lipinski definition) is 6. The third kappa shape index (κ3) is 4.74. The fourth-order valence-electron chi connectivity index (χ4n) is 3.25. The second-order valence-corrected chi connectivity index (χ2v) is 6.76. The lowest BCUT2D eigenvalue weighted by Gasteiger charge is -2.35. The number of para-hydroxylation sites is 1. The van der Waals surface area contributed by atoms with Gasteiger partial charge in [0.1, 0.15) is 11.6 Å². The van der Waals surface area contributed by atoms with Crippen molar-refractivity contribution in [2.75, 3.05) is 41.7 Å². The van der Waals surface area contributed by atoms with Gasteiger partial charge in [0.05, 0.1) is 5.69 Å². The number of carbonyl (C=O) groups excluding carboxylic acids is 2. The van der Waals surface area contributed by atoms with E-state index in [4.69, 9.17) is 5.73 Å². The van der Waals surface area contributed by atoms with E-state index in [0.29, 0.717) is 24.5 Å². The summed E-state index contributed by atoms with van der Waals surface area (Å²) in [5.41, 5.74) is 7.66. The molecule has 1 aliphatic heterocycles. The number of hydrogen-bond donors (Lipinski definition) is 1. The summed E-state index contributed by atoms with van der Waals surface area (Å²) in [6.07, 6.45) is 1.55. The number of piperazine rings is 1. The summed E-state index contributed by atoms with van der Waals surface area (Å²) in [7, 11) is 0. The van der Waals surface area contributed by atoms with Gasteiger partial charge in [-0.3, -0.25) is 9.59 Å². The average molecular weight is 389 g/mol. The van der Waals surface area contributed by atoms with Crippen molar-refractivity contribution in [3.05, 3.63) is 66.4 Å². The standard InChI is InChI=1S/C22H23N5O2/c1-17(28)27(21-9-7-19(24)8-10-21)22(29)18(15-23)16-25-11-13-26(14-12-25)20-5-3-2-4-6-20/h2-10,16H,11-14,24H2,1H3/b18-16-. The third-order valence-electron chi connectivity index (χ3n) is 4.77. The Morgan fingerprint density at radius 2 is 1.66 bits per heavy atom. The molecule has 0 bridgehead atoms. The molecule has 29 heavy (non-hydrogen) atoms. The predicted octanol–water partition coefficient (Wildman–Crippen LogP) is 2.38. The number of benzene rings is 2. The van der Waals surface area contributed by atoms with Gasteiger partial charge in [-0.05, 0) is 36.4 Å². The average Bonchev–Trinajstić information content (AvgIpc) is 2.74. The highest BCUT2D eigenvalue weighted by molar-refractivity contribution is 6.21. The molecule has 3 rings (SSSR count). The van der Waals surface area contributed by atoms with E-state index >= 15 is 0 Å². The van der Waals surface area contributed by atoms with E-state index in [1.54, 1.807) is 30.5 Å². The van der Waals surface area contributed by atoms with Crippen molar-refractivity contribution in [3.8, 4) is 6.07 Å². The Balaban J connectivity index is 1.73. The second-order valence-electron chi connectivity index (χ2n) is 6.76. The summed E-state index contributed by atoms with van der Waals surface area (Å²) in [6.45, 7) is 4.20. The van der Waals surface area contributed by atoms with Gasteiger partial charge in [0.15, 0.2) is 0 Å². The largest absolute Gasteiger partial charge is 0.399 e. The summed E-state index contributed by atoms with van der Waals surface area (Å²) >= 11 is 0. The number of nitrogens with two attached hydrogens (primary N) is 1. The van der Waals surface area contributed by atoms with E-state index in [1.807, 2.05) is 29.2 Å². The molecule has 1 saturated heterocycles. The first kappa shape index (κ1) is 20.0. The quantitative estimate of drug-likeness (QED) is 0.490. The van der Waals surface area contributed by atoms with Crippen LogP contribution >= 0.6 is 0 Å². The van der Waals surface area contributed by atoms with Crippen molar-refractivity contribution >= 4 is 28.9 Å². The maximum Gasteiger partial charge on any atom is 0.277 e. The fraction of sp³-hybridized carbons (Fsp3) is 0.227. The topological polar surface area (TPSA) is 93.7 Å². The molecule has 2 aromatic carbocycles. The van der Waals surface area contributed by atoms with Crippen LogP contribution in [0.3, 0.4) is 0 Å². The zero-order chi connectivity index (χ0) is 20.8. The molecule has 0 aliphatic carbocycles. The number of rotatable bonds is 4. The first-order valence-corrected chi connectivity index (χ1v) is 9.36. The lowest BCUT2D eigenvalue weighted by molar-refractivity contribution is -0.123. The Kier molecular flexibility index (Phi) is 6.15. The molecule has 7 heteroatoms. The van der Waals surface area contributed by atoms with Crippen LogP contribution in [0.2, 0.25) is 0 Å². The Labute approximate surface area is 170 Å². The predicted molar refractivity (Wildman–Crippen MR) is 113 cm³/mol. The Bertz CT molecular complexity index is 939. The lowest BCUT2D eigenvalue weighted by Crippen LogP contribution is -2.44. The van der Waals surface area contributed by atoms with E-state index in [-0.39, 0.29) is 5.57 Å². The van der Waals surface area contributed by atoms with Crippen molar-refractivity contribution in [1.82, 2.24) is 4.90 Å². The number of imide groups is 1. The number of anilines is 3. The minimum Gasteiger partial charge on any atom is -0.399 e. The molecular weight excluding hydrogens is 366 g/mol. The molecule has 0 unspecified atom stereocenters. The van der Waals surface area contributed by atoms with Gasteiger partial charge in [-0.1, -0.05) is 18.2 Å². The van der Waals surface area contributed by atoms with E-state index in [2.05, 4.69) is 17.0 Å². The molecule has 0 spiro atoms. The van der Waals surface area contributed by atoms with Crippen LogP contribution in [0.4, 0.5) is 17.1 Å². The zero-order valence-electron chi connectivity index (χ0n) is 16.3. The molecule has 148 valence electrons. The van der Waals surface area contributed by atoms with Crippen molar-refractivity contribution in [3.63, 3.8) is 0 Å². The van der Waals surface area contributed by atoms with E-state index < -0.39 is 11.8 Å². The fourth-order valence-corrected chi connectivity index (χ4v) is 3.25. The molecular formula is C22H23N5O2.